The van der Waals surface area contributed by atoms with Crippen molar-refractivity contribution in [1.82, 2.24) is 29.9 Å². The highest BCUT2D eigenvalue weighted by Gasteiger charge is 2.19. The molecule has 0 spiro atoms. The Balaban J connectivity index is 1.23. The largest absolute Gasteiger partial charge is 0.368 e. The van der Waals surface area contributed by atoms with Crippen molar-refractivity contribution >= 4 is 23.2 Å². The maximum absolute atomic E-state index is 12.7. The van der Waals surface area contributed by atoms with Crippen molar-refractivity contribution in [2.24, 2.45) is 0 Å². The third kappa shape index (κ3) is 4.56. The van der Waals surface area contributed by atoms with Gasteiger partial charge in [-0.05, 0) is 44.2 Å². The van der Waals surface area contributed by atoms with E-state index in [-0.39, 0.29) is 11.6 Å². The van der Waals surface area contributed by atoms with Crippen LogP contribution in [0.5, 0.6) is 0 Å². The van der Waals surface area contributed by atoms with Gasteiger partial charge in [-0.1, -0.05) is 18.2 Å². The average molecular weight is 456 g/mol. The number of rotatable bonds is 5. The van der Waals surface area contributed by atoms with E-state index in [0.29, 0.717) is 11.6 Å². The quantitative estimate of drug-likeness (QED) is 0.490. The number of nitrogens with one attached hydrogen (secondary N) is 1. The molecular weight excluding hydrogens is 430 g/mol. The predicted octanol–water partition coefficient (Wildman–Crippen LogP) is 2.65. The van der Waals surface area contributed by atoms with Crippen molar-refractivity contribution in [3.63, 3.8) is 0 Å². The Morgan fingerprint density at radius 1 is 0.853 bits per heavy atom. The zero-order chi connectivity index (χ0) is 23.5. The van der Waals surface area contributed by atoms with Gasteiger partial charge in [-0.15, -0.1) is 10.2 Å². The van der Waals surface area contributed by atoms with Crippen LogP contribution in [0.4, 0.5) is 17.3 Å². The first-order valence-electron chi connectivity index (χ1n) is 11.1. The number of aromatic nitrogens is 6. The molecule has 0 bridgehead atoms. The van der Waals surface area contributed by atoms with E-state index in [1.54, 1.807) is 22.9 Å². The van der Waals surface area contributed by atoms with E-state index in [0.717, 1.165) is 43.4 Å². The van der Waals surface area contributed by atoms with Crippen LogP contribution < -0.4 is 15.1 Å². The molecule has 1 saturated heterocycles. The number of aryl methyl sites for hydroxylation is 2. The van der Waals surface area contributed by atoms with Crippen molar-refractivity contribution < 1.29 is 4.79 Å². The lowest BCUT2D eigenvalue weighted by atomic mass is 10.2. The molecule has 10 nitrogen and oxygen atoms in total. The first-order chi connectivity index (χ1) is 16.6. The van der Waals surface area contributed by atoms with Gasteiger partial charge in [0, 0.05) is 43.6 Å². The van der Waals surface area contributed by atoms with Crippen LogP contribution in [0.25, 0.3) is 5.82 Å². The molecule has 10 heteroatoms. The number of benzene rings is 1. The van der Waals surface area contributed by atoms with Crippen LogP contribution in [-0.2, 0) is 0 Å². The fourth-order valence-electron chi connectivity index (χ4n) is 4.02. The third-order valence-corrected chi connectivity index (χ3v) is 5.73. The fraction of sp³-hybridized carbons (Fsp3) is 0.250. The maximum atomic E-state index is 12.7. The minimum atomic E-state index is -0.383. The van der Waals surface area contributed by atoms with Crippen molar-refractivity contribution in [3.05, 3.63) is 78.0 Å². The topological polar surface area (TPSA) is 105 Å². The molecule has 1 N–H and O–H groups in total. The minimum absolute atomic E-state index is 0.196. The van der Waals surface area contributed by atoms with E-state index in [2.05, 4.69) is 64.6 Å². The molecule has 4 heterocycles. The molecule has 4 aromatic rings. The van der Waals surface area contributed by atoms with Gasteiger partial charge in [0.1, 0.15) is 18.0 Å². The first kappa shape index (κ1) is 21.5. The van der Waals surface area contributed by atoms with E-state index in [9.17, 15) is 4.79 Å². The summed E-state index contributed by atoms with van der Waals surface area (Å²) < 4.78 is 1.69. The van der Waals surface area contributed by atoms with Gasteiger partial charge in [0.25, 0.3) is 5.91 Å². The second kappa shape index (κ2) is 9.26. The number of piperazine rings is 1. The molecule has 5 rings (SSSR count). The summed E-state index contributed by atoms with van der Waals surface area (Å²) in [6, 6.07) is 17.5. The lowest BCUT2D eigenvalue weighted by Crippen LogP contribution is -2.46. The fourth-order valence-corrected chi connectivity index (χ4v) is 4.02. The van der Waals surface area contributed by atoms with Gasteiger partial charge in [-0.2, -0.15) is 5.10 Å². The Morgan fingerprint density at radius 2 is 1.62 bits per heavy atom. The Hall–Kier alpha value is -4.34. The monoisotopic (exact) mass is 455 g/mol. The van der Waals surface area contributed by atoms with E-state index >= 15 is 0 Å². The van der Waals surface area contributed by atoms with Crippen LogP contribution in [0.1, 0.15) is 21.9 Å². The molecular formula is C24H25N9O. The molecule has 1 fully saturated rings. The highest BCUT2D eigenvalue weighted by Crippen LogP contribution is 2.20. The lowest BCUT2D eigenvalue weighted by Gasteiger charge is -2.36. The number of nitrogens with zero attached hydrogens (tertiary/aromatic N) is 8. The summed E-state index contributed by atoms with van der Waals surface area (Å²) in [5.41, 5.74) is 3.26. The summed E-state index contributed by atoms with van der Waals surface area (Å²) in [5, 5.41) is 15.4. The van der Waals surface area contributed by atoms with Gasteiger partial charge in [0.2, 0.25) is 0 Å². The van der Waals surface area contributed by atoms with Crippen LogP contribution in [-0.4, -0.2) is 62.0 Å². The molecule has 0 aliphatic carbocycles. The molecule has 1 aliphatic rings. The van der Waals surface area contributed by atoms with Gasteiger partial charge in [-0.3, -0.25) is 4.79 Å². The summed E-state index contributed by atoms with van der Waals surface area (Å²) >= 11 is 0. The maximum Gasteiger partial charge on any atom is 0.277 e. The molecule has 0 saturated carbocycles. The number of amides is 1. The van der Waals surface area contributed by atoms with E-state index in [1.807, 2.05) is 26.0 Å². The first-order valence-corrected chi connectivity index (χ1v) is 11.1. The Labute approximate surface area is 197 Å². The second-order valence-electron chi connectivity index (χ2n) is 8.14. The van der Waals surface area contributed by atoms with Crippen molar-refractivity contribution in [2.45, 2.75) is 13.8 Å². The normalized spacial score (nSPS) is 13.7. The Bertz CT molecular complexity index is 1280. The molecule has 34 heavy (non-hydrogen) atoms. The lowest BCUT2D eigenvalue weighted by molar-refractivity contribution is 0.102. The summed E-state index contributed by atoms with van der Waals surface area (Å²) in [4.78, 5) is 25.9. The van der Waals surface area contributed by atoms with Crippen molar-refractivity contribution in [2.75, 3.05) is 41.3 Å². The number of anilines is 3. The van der Waals surface area contributed by atoms with Crippen LogP contribution >= 0.6 is 0 Å². The summed E-state index contributed by atoms with van der Waals surface area (Å²) in [6.45, 7) is 7.31. The molecule has 172 valence electrons. The summed E-state index contributed by atoms with van der Waals surface area (Å²) in [5.74, 6) is 1.38. The van der Waals surface area contributed by atoms with Gasteiger partial charge in [0.05, 0.1) is 5.69 Å². The second-order valence-corrected chi connectivity index (χ2v) is 8.14. The van der Waals surface area contributed by atoms with Gasteiger partial charge < -0.3 is 15.1 Å². The highest BCUT2D eigenvalue weighted by atomic mass is 16.2. The predicted molar refractivity (Wildman–Crippen MR) is 129 cm³/mol. The number of hydrogen-bond acceptors (Lipinski definition) is 8. The zero-order valence-electron chi connectivity index (χ0n) is 19.1. The number of carbonyl (C=O) groups is 1. The average Bonchev–Trinajstić information content (AvgIpc) is 3.22. The number of carbonyl (C=O) groups excluding carboxylic acids is 1. The third-order valence-electron chi connectivity index (χ3n) is 5.73. The van der Waals surface area contributed by atoms with Gasteiger partial charge >= 0.3 is 0 Å². The molecule has 1 amide bonds. The van der Waals surface area contributed by atoms with E-state index in [4.69, 9.17) is 0 Å². The van der Waals surface area contributed by atoms with Crippen LogP contribution in [0.15, 0.2) is 60.9 Å². The Kier molecular flexibility index (Phi) is 5.86. The number of para-hydroxylation sites is 1. The molecule has 0 radical (unpaired) electrons. The van der Waals surface area contributed by atoms with E-state index < -0.39 is 0 Å². The van der Waals surface area contributed by atoms with Crippen LogP contribution in [0.3, 0.4) is 0 Å². The van der Waals surface area contributed by atoms with Crippen molar-refractivity contribution in [3.8, 4) is 5.82 Å². The molecule has 3 aromatic heterocycles. The number of hydrogen-bond donors (Lipinski definition) is 1. The van der Waals surface area contributed by atoms with E-state index in [1.165, 1.54) is 12.0 Å². The molecule has 0 atom stereocenters. The van der Waals surface area contributed by atoms with Gasteiger partial charge in [0.15, 0.2) is 11.5 Å². The van der Waals surface area contributed by atoms with Gasteiger partial charge in [-0.25, -0.2) is 14.6 Å². The standard InChI is InChI=1S/C24H25N9O/c1-17-14-18(2)33(30-17)22-9-8-20(28-29-22)24(34)27-21-15-23(26-16-25-21)32-12-10-31(11-13-32)19-6-4-3-5-7-19/h3-9,14-16H,10-13H2,1-2H3,(H,25,26,27,34). The van der Waals surface area contributed by atoms with Crippen molar-refractivity contribution in [1.29, 1.82) is 0 Å². The zero-order valence-corrected chi connectivity index (χ0v) is 19.1. The minimum Gasteiger partial charge on any atom is -0.368 e. The molecule has 1 aromatic carbocycles. The summed E-state index contributed by atoms with van der Waals surface area (Å²) in [7, 11) is 0. The summed E-state index contributed by atoms with van der Waals surface area (Å²) in [6.07, 6.45) is 1.46. The SMILES string of the molecule is Cc1cc(C)n(-c2ccc(C(=O)Nc3cc(N4CCN(c5ccccc5)CC4)ncn3)nn2)n1. The van der Waals surface area contributed by atoms with Crippen LogP contribution in [0, 0.1) is 13.8 Å². The van der Waals surface area contributed by atoms with Crippen LogP contribution in [0.2, 0.25) is 0 Å². The smallest absolute Gasteiger partial charge is 0.277 e. The molecule has 1 aliphatic heterocycles. The molecule has 0 unspecified atom stereocenters. The highest BCUT2D eigenvalue weighted by molar-refractivity contribution is 6.02. The Morgan fingerprint density at radius 3 is 2.29 bits per heavy atom.